The van der Waals surface area contributed by atoms with Gasteiger partial charge in [-0.2, -0.15) is 9.97 Å². The van der Waals surface area contributed by atoms with Crippen LogP contribution in [-0.4, -0.2) is 76.7 Å². The number of hydrogen-bond donors (Lipinski definition) is 2. The van der Waals surface area contributed by atoms with Gasteiger partial charge in [-0.25, -0.2) is 13.6 Å². The molecule has 42 heavy (non-hydrogen) atoms. The Morgan fingerprint density at radius 3 is 2.83 bits per heavy atom. The SMILES string of the molecule is CCc1c(F)ccc2cc(O)cc(-c3oc(=O)c4c(N(C)CCO)nc(OC[C@@]56CCCN5C[C@H](F)C6)nc4c3C)c12. The number of halogens is 2. The third-order valence-electron chi connectivity index (χ3n) is 8.74. The van der Waals surface area contributed by atoms with E-state index in [1.165, 1.54) is 12.1 Å². The number of anilines is 1. The van der Waals surface area contributed by atoms with Crippen molar-refractivity contribution < 1.29 is 28.1 Å². The molecule has 4 aromatic rings. The maximum Gasteiger partial charge on any atom is 0.349 e. The lowest BCUT2D eigenvalue weighted by Gasteiger charge is -2.31. The predicted octanol–water partition coefficient (Wildman–Crippen LogP) is 4.50. The summed E-state index contributed by atoms with van der Waals surface area (Å²) in [5, 5.41) is 21.4. The van der Waals surface area contributed by atoms with E-state index < -0.39 is 23.2 Å². The highest BCUT2D eigenvalue weighted by atomic mass is 19.1. The Morgan fingerprint density at radius 1 is 1.26 bits per heavy atom. The van der Waals surface area contributed by atoms with Gasteiger partial charge in [0, 0.05) is 37.7 Å². The molecular formula is C31H34F2N4O5. The summed E-state index contributed by atoms with van der Waals surface area (Å²) in [6.45, 7) is 4.96. The summed E-state index contributed by atoms with van der Waals surface area (Å²) in [5.74, 6) is -0.0901. The fourth-order valence-electron chi connectivity index (χ4n) is 6.74. The fraction of sp³-hybridized carbons (Fsp3) is 0.452. The number of ether oxygens (including phenoxy) is 1. The van der Waals surface area contributed by atoms with Crippen LogP contribution in [0.5, 0.6) is 11.8 Å². The summed E-state index contributed by atoms with van der Waals surface area (Å²) in [6.07, 6.45) is 1.62. The Bertz CT molecular complexity index is 1750. The van der Waals surface area contributed by atoms with E-state index in [4.69, 9.17) is 9.15 Å². The van der Waals surface area contributed by atoms with E-state index in [1.807, 2.05) is 6.92 Å². The van der Waals surface area contributed by atoms with Crippen molar-refractivity contribution >= 4 is 27.5 Å². The van der Waals surface area contributed by atoms with E-state index in [2.05, 4.69) is 14.9 Å². The minimum absolute atomic E-state index is 0.0199. The lowest BCUT2D eigenvalue weighted by Crippen LogP contribution is -2.43. The number of rotatable bonds is 8. The van der Waals surface area contributed by atoms with Gasteiger partial charge in [-0.3, -0.25) is 4.90 Å². The summed E-state index contributed by atoms with van der Waals surface area (Å²) in [5.41, 5.74) is 0.393. The lowest BCUT2D eigenvalue weighted by atomic mass is 9.93. The van der Waals surface area contributed by atoms with Crippen molar-refractivity contribution in [3.63, 3.8) is 0 Å². The van der Waals surface area contributed by atoms with Crippen LogP contribution in [-0.2, 0) is 6.42 Å². The number of likely N-dealkylation sites (N-methyl/N-ethyl adjacent to an activating group) is 1. The number of benzene rings is 2. The molecule has 11 heteroatoms. The standard InChI is InChI=1S/C31H34F2N4O5/c1-4-21-23(33)7-6-18-12-20(39)13-22(24(18)21)27-17(2)26-25(29(40)42-27)28(36(3)10-11-38)35-30(34-26)41-16-31-8-5-9-37(31)15-19(32)14-31/h6-7,12-13,19,38-39H,4-5,8-11,14-16H2,1-3H3/t19-,31+/m1/s1. The number of phenolic OH excluding ortho intramolecular Hbond substituents is 1. The first kappa shape index (κ1) is 28.3. The third kappa shape index (κ3) is 4.64. The van der Waals surface area contributed by atoms with Crippen LogP contribution in [0, 0.1) is 12.7 Å². The van der Waals surface area contributed by atoms with Gasteiger partial charge >= 0.3 is 11.6 Å². The Hall–Kier alpha value is -3.83. The molecule has 0 saturated carbocycles. The molecule has 4 heterocycles. The molecule has 2 aliphatic rings. The molecule has 0 aliphatic carbocycles. The largest absolute Gasteiger partial charge is 0.508 e. The molecule has 0 amide bonds. The quantitative estimate of drug-likeness (QED) is 0.311. The van der Waals surface area contributed by atoms with Crippen molar-refractivity contribution in [1.82, 2.24) is 14.9 Å². The molecule has 2 fully saturated rings. The number of aromatic nitrogens is 2. The molecule has 2 aromatic carbocycles. The Morgan fingerprint density at radius 2 is 2.07 bits per heavy atom. The number of aryl methyl sites for hydroxylation is 2. The molecule has 2 atom stereocenters. The summed E-state index contributed by atoms with van der Waals surface area (Å²) >= 11 is 0. The average Bonchev–Trinajstić information content (AvgIpc) is 3.49. The van der Waals surface area contributed by atoms with Gasteiger partial charge < -0.3 is 24.3 Å². The molecule has 2 aliphatic heterocycles. The van der Waals surface area contributed by atoms with Gasteiger partial charge in [0.25, 0.3) is 0 Å². The van der Waals surface area contributed by atoms with Crippen LogP contribution in [0.2, 0.25) is 0 Å². The van der Waals surface area contributed by atoms with Crippen molar-refractivity contribution in [3.05, 3.63) is 51.6 Å². The number of hydrogen-bond acceptors (Lipinski definition) is 9. The van der Waals surface area contributed by atoms with Crippen molar-refractivity contribution in [2.75, 3.05) is 44.8 Å². The number of alkyl halides is 1. The molecule has 2 saturated heterocycles. The number of aliphatic hydroxyl groups is 1. The van der Waals surface area contributed by atoms with Crippen molar-refractivity contribution in [2.45, 2.75) is 51.2 Å². The van der Waals surface area contributed by atoms with E-state index in [0.717, 1.165) is 19.4 Å². The fourth-order valence-corrected chi connectivity index (χ4v) is 6.74. The molecule has 0 radical (unpaired) electrons. The first-order valence-corrected chi connectivity index (χ1v) is 14.3. The van der Waals surface area contributed by atoms with E-state index in [9.17, 15) is 23.8 Å². The Labute approximate surface area is 241 Å². The predicted molar refractivity (Wildman–Crippen MR) is 156 cm³/mol. The molecular weight excluding hydrogens is 546 g/mol. The van der Waals surface area contributed by atoms with Crippen LogP contribution in [0.1, 0.15) is 37.3 Å². The number of nitrogens with zero attached hydrogens (tertiary/aromatic N) is 4. The van der Waals surface area contributed by atoms with Gasteiger partial charge in [-0.1, -0.05) is 13.0 Å². The molecule has 222 valence electrons. The highest BCUT2D eigenvalue weighted by molar-refractivity contribution is 6.02. The second-order valence-electron chi connectivity index (χ2n) is 11.4. The van der Waals surface area contributed by atoms with E-state index in [-0.39, 0.29) is 54.0 Å². The monoisotopic (exact) mass is 580 g/mol. The van der Waals surface area contributed by atoms with Gasteiger partial charge in [0.1, 0.15) is 35.5 Å². The molecule has 6 rings (SSSR count). The zero-order chi connectivity index (χ0) is 29.8. The zero-order valence-corrected chi connectivity index (χ0v) is 23.9. The van der Waals surface area contributed by atoms with Gasteiger partial charge in [0.05, 0.1) is 17.7 Å². The van der Waals surface area contributed by atoms with Gasteiger partial charge in [-0.05, 0) is 67.3 Å². The third-order valence-corrected chi connectivity index (χ3v) is 8.74. The van der Waals surface area contributed by atoms with Crippen LogP contribution in [0.15, 0.2) is 33.5 Å². The summed E-state index contributed by atoms with van der Waals surface area (Å²) in [4.78, 5) is 26.5. The van der Waals surface area contributed by atoms with Gasteiger partial charge in [-0.15, -0.1) is 0 Å². The van der Waals surface area contributed by atoms with Crippen LogP contribution in [0.25, 0.3) is 33.0 Å². The highest BCUT2D eigenvalue weighted by Crippen LogP contribution is 2.41. The maximum atomic E-state index is 14.9. The van der Waals surface area contributed by atoms with Crippen LogP contribution >= 0.6 is 0 Å². The highest BCUT2D eigenvalue weighted by Gasteiger charge is 2.49. The molecule has 0 unspecified atom stereocenters. The molecule has 9 nitrogen and oxygen atoms in total. The van der Waals surface area contributed by atoms with Crippen molar-refractivity contribution in [3.8, 4) is 23.1 Å². The number of aliphatic hydroxyl groups excluding tert-OH is 1. The van der Waals surface area contributed by atoms with Crippen molar-refractivity contribution in [2.24, 2.45) is 0 Å². The number of phenols is 1. The smallest absolute Gasteiger partial charge is 0.349 e. The summed E-state index contributed by atoms with van der Waals surface area (Å²) < 4.78 is 41.3. The molecule has 0 bridgehead atoms. The van der Waals surface area contributed by atoms with Crippen molar-refractivity contribution in [1.29, 1.82) is 0 Å². The average molecular weight is 581 g/mol. The topological polar surface area (TPSA) is 112 Å². The van der Waals surface area contributed by atoms with E-state index in [0.29, 0.717) is 46.8 Å². The minimum Gasteiger partial charge on any atom is -0.508 e. The number of aromatic hydroxyl groups is 1. The molecule has 2 aromatic heterocycles. The molecule has 2 N–H and O–H groups in total. The number of fused-ring (bicyclic) bond motifs is 3. The van der Waals surface area contributed by atoms with Crippen LogP contribution < -0.4 is 15.3 Å². The first-order valence-electron chi connectivity index (χ1n) is 14.3. The first-order chi connectivity index (χ1) is 20.2. The summed E-state index contributed by atoms with van der Waals surface area (Å²) in [7, 11) is 1.69. The van der Waals surface area contributed by atoms with Gasteiger partial charge in [0.2, 0.25) is 0 Å². The zero-order valence-electron chi connectivity index (χ0n) is 23.9. The van der Waals surface area contributed by atoms with E-state index in [1.54, 1.807) is 31.0 Å². The minimum atomic E-state index is -0.915. The van der Waals surface area contributed by atoms with Crippen LogP contribution in [0.4, 0.5) is 14.6 Å². The van der Waals surface area contributed by atoms with E-state index >= 15 is 0 Å². The summed E-state index contributed by atoms with van der Waals surface area (Å²) in [6, 6.07) is 5.95. The Kier molecular flexibility index (Phi) is 7.26. The molecule has 0 spiro atoms. The lowest BCUT2D eigenvalue weighted by molar-refractivity contribution is 0.107. The van der Waals surface area contributed by atoms with Crippen LogP contribution in [0.3, 0.4) is 0 Å². The Balaban J connectivity index is 1.54. The normalized spacial score (nSPS) is 20.5. The second kappa shape index (κ2) is 10.8. The maximum absolute atomic E-state index is 14.9. The van der Waals surface area contributed by atoms with Gasteiger partial charge in [0.15, 0.2) is 5.82 Å². The second-order valence-corrected chi connectivity index (χ2v) is 11.4.